The fourth-order valence-electron chi connectivity index (χ4n) is 1.97. The SMILES string of the molecule is CC(C#N)(COc1ccccc1)NC(=O)c1ccc(C(F)(F)F)cc1. The third-order valence-corrected chi connectivity index (χ3v) is 3.38. The minimum atomic E-state index is -4.47. The van der Waals surface area contributed by atoms with Crippen molar-refractivity contribution in [1.82, 2.24) is 5.32 Å². The number of nitrogens with zero attached hydrogens (tertiary/aromatic N) is 1. The Balaban J connectivity index is 2.04. The highest BCUT2D eigenvalue weighted by Crippen LogP contribution is 2.29. The Kier molecular flexibility index (Phi) is 5.32. The van der Waals surface area contributed by atoms with Gasteiger partial charge in [-0.05, 0) is 43.3 Å². The van der Waals surface area contributed by atoms with Crippen LogP contribution in [0.25, 0.3) is 0 Å². The van der Waals surface area contributed by atoms with Gasteiger partial charge >= 0.3 is 6.18 Å². The van der Waals surface area contributed by atoms with Gasteiger partial charge in [0.2, 0.25) is 0 Å². The molecule has 0 saturated carbocycles. The van der Waals surface area contributed by atoms with Gasteiger partial charge in [-0.25, -0.2) is 0 Å². The highest BCUT2D eigenvalue weighted by Gasteiger charge is 2.31. The standard InChI is InChI=1S/C18H15F3N2O2/c1-17(11-22,12-25-15-5-3-2-4-6-15)23-16(24)13-7-9-14(10-8-13)18(19,20)21/h2-10H,12H2,1H3,(H,23,24). The van der Waals surface area contributed by atoms with Gasteiger partial charge in [0.05, 0.1) is 11.6 Å². The fourth-order valence-corrected chi connectivity index (χ4v) is 1.97. The molecule has 1 unspecified atom stereocenters. The first-order chi connectivity index (χ1) is 11.7. The van der Waals surface area contributed by atoms with E-state index in [1.807, 2.05) is 12.1 Å². The second-order valence-corrected chi connectivity index (χ2v) is 5.57. The lowest BCUT2D eigenvalue weighted by Gasteiger charge is -2.23. The van der Waals surface area contributed by atoms with Gasteiger partial charge in [-0.2, -0.15) is 18.4 Å². The molecule has 4 nitrogen and oxygen atoms in total. The predicted molar refractivity (Wildman–Crippen MR) is 84.9 cm³/mol. The van der Waals surface area contributed by atoms with Gasteiger partial charge in [-0.1, -0.05) is 18.2 Å². The second kappa shape index (κ2) is 7.26. The number of carbonyl (C=O) groups is 1. The van der Waals surface area contributed by atoms with Gasteiger partial charge in [-0.15, -0.1) is 0 Å². The van der Waals surface area contributed by atoms with Crippen molar-refractivity contribution in [3.05, 3.63) is 65.7 Å². The number of halogens is 3. The van der Waals surface area contributed by atoms with Crippen molar-refractivity contribution in [2.24, 2.45) is 0 Å². The second-order valence-electron chi connectivity index (χ2n) is 5.57. The highest BCUT2D eigenvalue weighted by atomic mass is 19.4. The van der Waals surface area contributed by atoms with Crippen molar-refractivity contribution in [2.45, 2.75) is 18.6 Å². The molecule has 0 aliphatic carbocycles. The van der Waals surface area contributed by atoms with Crippen LogP contribution in [0.3, 0.4) is 0 Å². The lowest BCUT2D eigenvalue weighted by molar-refractivity contribution is -0.137. The molecule has 0 fully saturated rings. The quantitative estimate of drug-likeness (QED) is 0.894. The summed E-state index contributed by atoms with van der Waals surface area (Å²) in [6, 6.07) is 14.5. The molecule has 0 saturated heterocycles. The van der Waals surface area contributed by atoms with Gasteiger partial charge < -0.3 is 10.1 Å². The summed E-state index contributed by atoms with van der Waals surface area (Å²) < 4.78 is 43.1. The fraction of sp³-hybridized carbons (Fsp3) is 0.222. The van der Waals surface area contributed by atoms with E-state index in [2.05, 4.69) is 5.32 Å². The normalized spacial score (nSPS) is 13.4. The Labute approximate surface area is 142 Å². The Hall–Kier alpha value is -3.01. The number of alkyl halides is 3. The Bertz CT molecular complexity index is 768. The van der Waals surface area contributed by atoms with E-state index in [-0.39, 0.29) is 12.2 Å². The molecule has 7 heteroatoms. The van der Waals surface area contributed by atoms with Crippen molar-refractivity contribution in [1.29, 1.82) is 5.26 Å². The van der Waals surface area contributed by atoms with E-state index in [1.54, 1.807) is 24.3 Å². The van der Waals surface area contributed by atoms with Gasteiger partial charge in [0.25, 0.3) is 5.91 Å². The monoisotopic (exact) mass is 348 g/mol. The van der Waals surface area contributed by atoms with Gasteiger partial charge in [0, 0.05) is 5.56 Å². The van der Waals surface area contributed by atoms with Gasteiger partial charge in [0.15, 0.2) is 5.54 Å². The maximum atomic E-state index is 12.5. The number of hydrogen-bond donors (Lipinski definition) is 1. The average Bonchev–Trinajstić information content (AvgIpc) is 2.60. The molecular formula is C18H15F3N2O2. The van der Waals surface area contributed by atoms with Crippen LogP contribution in [0.5, 0.6) is 5.75 Å². The Morgan fingerprint density at radius 1 is 1.12 bits per heavy atom. The summed E-state index contributed by atoms with van der Waals surface area (Å²) >= 11 is 0. The lowest BCUT2D eigenvalue weighted by Crippen LogP contribution is -2.49. The van der Waals surface area contributed by atoms with Crippen LogP contribution in [0.4, 0.5) is 13.2 Å². The summed E-state index contributed by atoms with van der Waals surface area (Å²) in [5.74, 6) is -0.123. The van der Waals surface area contributed by atoms with E-state index in [1.165, 1.54) is 6.92 Å². The van der Waals surface area contributed by atoms with Gasteiger partial charge in [-0.3, -0.25) is 4.79 Å². The Morgan fingerprint density at radius 3 is 2.24 bits per heavy atom. The number of amides is 1. The zero-order valence-electron chi connectivity index (χ0n) is 13.3. The number of benzene rings is 2. The minimum Gasteiger partial charge on any atom is -0.490 e. The first-order valence-electron chi connectivity index (χ1n) is 7.32. The molecule has 1 amide bonds. The Morgan fingerprint density at radius 2 is 1.72 bits per heavy atom. The summed E-state index contributed by atoms with van der Waals surface area (Å²) in [5.41, 5.74) is -2.16. The number of hydrogen-bond acceptors (Lipinski definition) is 3. The smallest absolute Gasteiger partial charge is 0.416 e. The molecule has 0 aliphatic rings. The molecule has 2 aromatic rings. The maximum absolute atomic E-state index is 12.5. The van der Waals surface area contributed by atoms with E-state index in [0.717, 1.165) is 24.3 Å². The summed E-state index contributed by atoms with van der Waals surface area (Å²) in [7, 11) is 0. The first-order valence-corrected chi connectivity index (χ1v) is 7.32. The molecule has 0 spiro atoms. The van der Waals surface area contributed by atoms with Crippen molar-refractivity contribution < 1.29 is 22.7 Å². The molecule has 130 valence electrons. The number of rotatable bonds is 5. The predicted octanol–water partition coefficient (Wildman–Crippen LogP) is 3.80. The van der Waals surface area contributed by atoms with Crippen LogP contribution in [-0.2, 0) is 6.18 Å². The number of nitrogens with one attached hydrogen (secondary N) is 1. The highest BCUT2D eigenvalue weighted by molar-refractivity contribution is 5.95. The topological polar surface area (TPSA) is 62.1 Å². The van der Waals surface area contributed by atoms with Crippen LogP contribution in [0.1, 0.15) is 22.8 Å². The van der Waals surface area contributed by atoms with E-state index in [4.69, 9.17) is 4.74 Å². The van der Waals surface area contributed by atoms with Crippen LogP contribution in [0, 0.1) is 11.3 Å². The van der Waals surface area contributed by atoms with Crippen LogP contribution in [0.2, 0.25) is 0 Å². The zero-order valence-corrected chi connectivity index (χ0v) is 13.3. The molecule has 0 radical (unpaired) electrons. The summed E-state index contributed by atoms with van der Waals surface area (Å²) in [4.78, 5) is 12.2. The number of para-hydroxylation sites is 1. The third kappa shape index (κ3) is 4.98. The number of carbonyl (C=O) groups excluding carboxylic acids is 1. The van der Waals surface area contributed by atoms with E-state index < -0.39 is 23.2 Å². The molecule has 2 aromatic carbocycles. The summed E-state index contributed by atoms with van der Waals surface area (Å²) in [6.45, 7) is 1.36. The summed E-state index contributed by atoms with van der Waals surface area (Å²) in [6.07, 6.45) is -4.47. The van der Waals surface area contributed by atoms with Crippen molar-refractivity contribution in [3.8, 4) is 11.8 Å². The molecule has 25 heavy (non-hydrogen) atoms. The molecule has 2 rings (SSSR count). The van der Waals surface area contributed by atoms with Crippen molar-refractivity contribution >= 4 is 5.91 Å². The van der Waals surface area contributed by atoms with E-state index in [9.17, 15) is 23.2 Å². The molecule has 0 aliphatic heterocycles. The van der Waals surface area contributed by atoms with Gasteiger partial charge in [0.1, 0.15) is 12.4 Å². The van der Waals surface area contributed by atoms with E-state index in [0.29, 0.717) is 5.75 Å². The number of ether oxygens (including phenoxy) is 1. The van der Waals surface area contributed by atoms with Crippen LogP contribution in [0.15, 0.2) is 54.6 Å². The van der Waals surface area contributed by atoms with Crippen LogP contribution in [-0.4, -0.2) is 18.1 Å². The summed E-state index contributed by atoms with van der Waals surface area (Å²) in [5, 5.41) is 11.8. The average molecular weight is 348 g/mol. The molecule has 0 aromatic heterocycles. The lowest BCUT2D eigenvalue weighted by atomic mass is 10.0. The van der Waals surface area contributed by atoms with Crippen molar-refractivity contribution in [3.63, 3.8) is 0 Å². The molecule has 1 N–H and O–H groups in total. The molecule has 0 bridgehead atoms. The third-order valence-electron chi connectivity index (χ3n) is 3.38. The largest absolute Gasteiger partial charge is 0.490 e. The molecular weight excluding hydrogens is 333 g/mol. The van der Waals surface area contributed by atoms with Crippen molar-refractivity contribution in [2.75, 3.05) is 6.61 Å². The molecule has 0 heterocycles. The number of nitriles is 1. The maximum Gasteiger partial charge on any atom is 0.416 e. The molecule has 1 atom stereocenters. The first kappa shape index (κ1) is 18.3. The minimum absolute atomic E-state index is 0.0224. The van der Waals surface area contributed by atoms with Crippen LogP contribution < -0.4 is 10.1 Å². The zero-order chi connectivity index (χ0) is 18.5. The van der Waals surface area contributed by atoms with Crippen LogP contribution >= 0.6 is 0 Å². The van der Waals surface area contributed by atoms with E-state index >= 15 is 0 Å².